The van der Waals surface area contributed by atoms with Crippen LogP contribution >= 0.6 is 0 Å². The number of hydrogen-bond donors (Lipinski definition) is 3. The first kappa shape index (κ1) is 12.0. The molecule has 94 valence electrons. The van der Waals surface area contributed by atoms with Crippen LogP contribution in [0.5, 0.6) is 0 Å². The van der Waals surface area contributed by atoms with Gasteiger partial charge in [-0.1, -0.05) is 0 Å². The molecule has 8 heteroatoms. The minimum absolute atomic E-state index is 0.0185. The van der Waals surface area contributed by atoms with Crippen LogP contribution in [0.4, 0.5) is 5.95 Å². The summed E-state index contributed by atoms with van der Waals surface area (Å²) in [7, 11) is 0. The number of carbonyl (C=O) groups is 1. The molecule has 0 atom stereocenters. The molecule has 18 heavy (non-hydrogen) atoms. The van der Waals surface area contributed by atoms with Gasteiger partial charge < -0.3 is 0 Å². The van der Waals surface area contributed by atoms with Crippen LogP contribution in [0.1, 0.15) is 27.4 Å². The van der Waals surface area contributed by atoms with Gasteiger partial charge in [0, 0.05) is 0 Å². The third-order valence-electron chi connectivity index (χ3n) is 2.52. The topological polar surface area (TPSA) is 116 Å². The number of aromatic amines is 2. The predicted octanol–water partition coefficient (Wildman–Crippen LogP) is 0.0656. The van der Waals surface area contributed by atoms with Crippen LogP contribution in [0.25, 0.3) is 0 Å². The zero-order chi connectivity index (χ0) is 13.3. The summed E-state index contributed by atoms with van der Waals surface area (Å²) in [6.07, 6.45) is 0. The Labute approximate surface area is 102 Å². The molecule has 0 radical (unpaired) electrons. The molecule has 0 unspecified atom stereocenters. The molecule has 2 aromatic heterocycles. The summed E-state index contributed by atoms with van der Waals surface area (Å²) in [5.41, 5.74) is 0.599. The number of carbonyl (C=O) groups excluding carboxylic acids is 1. The molecule has 0 aliphatic rings. The molecule has 0 spiro atoms. The minimum atomic E-state index is -0.557. The quantitative estimate of drug-likeness (QED) is 0.695. The van der Waals surface area contributed by atoms with Gasteiger partial charge in [0.05, 0.1) is 5.69 Å². The molecule has 2 heterocycles. The van der Waals surface area contributed by atoms with Crippen molar-refractivity contribution in [3.05, 3.63) is 33.0 Å². The fourth-order valence-corrected chi connectivity index (χ4v) is 1.46. The molecule has 1 amide bonds. The summed E-state index contributed by atoms with van der Waals surface area (Å²) in [6.45, 7) is 5.08. The average molecular weight is 248 g/mol. The summed E-state index contributed by atoms with van der Waals surface area (Å²) in [5, 5.41) is 14.9. The summed E-state index contributed by atoms with van der Waals surface area (Å²) in [4.78, 5) is 27.5. The van der Waals surface area contributed by atoms with Crippen molar-refractivity contribution in [1.29, 1.82) is 0 Å². The SMILES string of the molecule is Cc1nc(NC(=O)c2c(C)c(C)n[nH]c2=O)n[nH]1. The maximum Gasteiger partial charge on any atom is 0.277 e. The lowest BCUT2D eigenvalue weighted by atomic mass is 10.1. The Morgan fingerprint density at radius 3 is 2.50 bits per heavy atom. The van der Waals surface area contributed by atoms with Gasteiger partial charge in [0.2, 0.25) is 5.95 Å². The summed E-state index contributed by atoms with van der Waals surface area (Å²) < 4.78 is 0. The zero-order valence-electron chi connectivity index (χ0n) is 10.2. The van der Waals surface area contributed by atoms with E-state index in [4.69, 9.17) is 0 Å². The van der Waals surface area contributed by atoms with Crippen molar-refractivity contribution < 1.29 is 4.79 Å². The number of H-pyrrole nitrogens is 2. The lowest BCUT2D eigenvalue weighted by molar-refractivity contribution is 0.102. The highest BCUT2D eigenvalue weighted by Crippen LogP contribution is 2.07. The fourth-order valence-electron chi connectivity index (χ4n) is 1.46. The second-order valence-electron chi connectivity index (χ2n) is 3.84. The molecular weight excluding hydrogens is 236 g/mol. The maximum atomic E-state index is 12.0. The first-order valence-corrected chi connectivity index (χ1v) is 5.25. The molecule has 0 aliphatic carbocycles. The Bertz CT molecular complexity index is 657. The molecule has 0 aromatic carbocycles. The zero-order valence-corrected chi connectivity index (χ0v) is 10.2. The number of nitrogens with one attached hydrogen (secondary N) is 3. The molecule has 0 fully saturated rings. The first-order chi connectivity index (χ1) is 8.49. The molecule has 0 saturated heterocycles. The van der Waals surface area contributed by atoms with Crippen LogP contribution < -0.4 is 10.9 Å². The van der Waals surface area contributed by atoms with E-state index >= 15 is 0 Å². The van der Waals surface area contributed by atoms with E-state index in [0.717, 1.165) is 0 Å². The van der Waals surface area contributed by atoms with Gasteiger partial charge in [-0.25, -0.2) is 5.10 Å². The van der Waals surface area contributed by atoms with Gasteiger partial charge >= 0.3 is 0 Å². The standard InChI is InChI=1S/C10H12N6O2/c1-4-5(2)13-15-9(18)7(4)8(17)12-10-11-6(3)14-16-10/h1-3H3,(H,15,18)(H2,11,12,14,16,17). The second kappa shape index (κ2) is 4.40. The van der Waals surface area contributed by atoms with E-state index < -0.39 is 11.5 Å². The van der Waals surface area contributed by atoms with Crippen molar-refractivity contribution in [3.8, 4) is 0 Å². The van der Waals surface area contributed by atoms with E-state index in [1.807, 2.05) is 0 Å². The Kier molecular flexibility index (Phi) is 2.92. The van der Waals surface area contributed by atoms with E-state index in [0.29, 0.717) is 17.1 Å². The third-order valence-corrected chi connectivity index (χ3v) is 2.52. The fraction of sp³-hybridized carbons (Fsp3) is 0.300. The van der Waals surface area contributed by atoms with E-state index in [2.05, 4.69) is 30.7 Å². The molecular formula is C10H12N6O2. The highest BCUT2D eigenvalue weighted by Gasteiger charge is 2.17. The minimum Gasteiger partial charge on any atom is -0.289 e. The van der Waals surface area contributed by atoms with Crippen molar-refractivity contribution in [2.45, 2.75) is 20.8 Å². The van der Waals surface area contributed by atoms with E-state index in [1.54, 1.807) is 20.8 Å². The van der Waals surface area contributed by atoms with Gasteiger partial charge in [-0.15, -0.1) is 5.10 Å². The molecule has 2 rings (SSSR count). The van der Waals surface area contributed by atoms with E-state index in [1.165, 1.54) is 0 Å². The van der Waals surface area contributed by atoms with Crippen molar-refractivity contribution in [2.75, 3.05) is 5.32 Å². The average Bonchev–Trinajstić information content (AvgIpc) is 2.70. The van der Waals surface area contributed by atoms with Crippen LogP contribution in [-0.4, -0.2) is 31.3 Å². The lowest BCUT2D eigenvalue weighted by Gasteiger charge is -2.05. The van der Waals surface area contributed by atoms with Crippen molar-refractivity contribution in [3.63, 3.8) is 0 Å². The van der Waals surface area contributed by atoms with E-state index in [9.17, 15) is 9.59 Å². The Balaban J connectivity index is 2.35. The Morgan fingerprint density at radius 2 is 1.89 bits per heavy atom. The van der Waals surface area contributed by atoms with Gasteiger partial charge in [0.15, 0.2) is 0 Å². The molecule has 0 saturated carbocycles. The second-order valence-corrected chi connectivity index (χ2v) is 3.84. The number of amides is 1. The van der Waals surface area contributed by atoms with Crippen LogP contribution in [0, 0.1) is 20.8 Å². The third kappa shape index (κ3) is 2.12. The number of aromatic nitrogens is 5. The number of aryl methyl sites for hydroxylation is 2. The molecule has 0 bridgehead atoms. The maximum absolute atomic E-state index is 12.0. The Morgan fingerprint density at radius 1 is 1.17 bits per heavy atom. The summed E-state index contributed by atoms with van der Waals surface area (Å²) >= 11 is 0. The molecule has 3 N–H and O–H groups in total. The number of nitrogens with zero attached hydrogens (tertiary/aromatic N) is 3. The highest BCUT2D eigenvalue weighted by atomic mass is 16.2. The highest BCUT2D eigenvalue weighted by molar-refractivity contribution is 6.04. The lowest BCUT2D eigenvalue weighted by Crippen LogP contribution is -2.26. The molecule has 2 aromatic rings. The Hall–Kier alpha value is -2.51. The summed E-state index contributed by atoms with van der Waals surface area (Å²) in [5.74, 6) is 0.144. The number of anilines is 1. The van der Waals surface area contributed by atoms with E-state index in [-0.39, 0.29) is 11.5 Å². The number of rotatable bonds is 2. The monoisotopic (exact) mass is 248 g/mol. The molecule has 0 aliphatic heterocycles. The van der Waals surface area contributed by atoms with Crippen LogP contribution in [-0.2, 0) is 0 Å². The first-order valence-electron chi connectivity index (χ1n) is 5.25. The predicted molar refractivity (Wildman–Crippen MR) is 63.4 cm³/mol. The normalized spacial score (nSPS) is 10.4. The smallest absolute Gasteiger partial charge is 0.277 e. The number of hydrogen-bond acceptors (Lipinski definition) is 5. The van der Waals surface area contributed by atoms with Gasteiger partial charge in [-0.05, 0) is 26.3 Å². The van der Waals surface area contributed by atoms with Gasteiger partial charge in [0.1, 0.15) is 11.4 Å². The van der Waals surface area contributed by atoms with Crippen molar-refractivity contribution in [1.82, 2.24) is 25.4 Å². The van der Waals surface area contributed by atoms with Crippen LogP contribution in [0.2, 0.25) is 0 Å². The van der Waals surface area contributed by atoms with Gasteiger partial charge in [0.25, 0.3) is 11.5 Å². The largest absolute Gasteiger partial charge is 0.289 e. The van der Waals surface area contributed by atoms with Crippen molar-refractivity contribution in [2.24, 2.45) is 0 Å². The molecule has 8 nitrogen and oxygen atoms in total. The van der Waals surface area contributed by atoms with Gasteiger partial charge in [-0.2, -0.15) is 10.1 Å². The van der Waals surface area contributed by atoms with Gasteiger partial charge in [-0.3, -0.25) is 20.0 Å². The van der Waals surface area contributed by atoms with Crippen molar-refractivity contribution >= 4 is 11.9 Å². The summed E-state index contributed by atoms with van der Waals surface area (Å²) in [6, 6.07) is 0. The van der Waals surface area contributed by atoms with Crippen LogP contribution in [0.15, 0.2) is 4.79 Å². The van der Waals surface area contributed by atoms with Crippen LogP contribution in [0.3, 0.4) is 0 Å².